The van der Waals surface area contributed by atoms with Crippen LogP contribution in [0.3, 0.4) is 0 Å². The summed E-state index contributed by atoms with van der Waals surface area (Å²) >= 11 is 0. The molecule has 7 nitrogen and oxygen atoms in total. The van der Waals surface area contributed by atoms with E-state index in [9.17, 15) is 13.2 Å². The lowest BCUT2D eigenvalue weighted by Gasteiger charge is -2.35. The van der Waals surface area contributed by atoms with Gasteiger partial charge in [0.15, 0.2) is 0 Å². The van der Waals surface area contributed by atoms with Crippen molar-refractivity contribution < 1.29 is 13.2 Å². The van der Waals surface area contributed by atoms with Crippen LogP contribution in [-0.4, -0.2) is 55.8 Å². The van der Waals surface area contributed by atoms with E-state index in [4.69, 9.17) is 0 Å². The van der Waals surface area contributed by atoms with Crippen LogP contribution in [0.5, 0.6) is 0 Å². The molecule has 0 aromatic carbocycles. The van der Waals surface area contributed by atoms with E-state index in [-0.39, 0.29) is 22.8 Å². The molecule has 150 valence electrons. The molecule has 0 bridgehead atoms. The summed E-state index contributed by atoms with van der Waals surface area (Å²) in [5.74, 6) is 0.473. The molecule has 27 heavy (non-hydrogen) atoms. The van der Waals surface area contributed by atoms with E-state index in [0.29, 0.717) is 25.5 Å². The van der Waals surface area contributed by atoms with E-state index in [0.717, 1.165) is 38.6 Å². The number of amides is 1. The van der Waals surface area contributed by atoms with Crippen LogP contribution in [0.4, 0.5) is 5.82 Å². The van der Waals surface area contributed by atoms with Crippen LogP contribution in [0.25, 0.3) is 0 Å². The molecule has 2 saturated heterocycles. The highest BCUT2D eigenvalue weighted by Crippen LogP contribution is 2.29. The number of nitrogens with one attached hydrogen (secondary N) is 1. The SMILES string of the molecule is CC(C)C(=O)NC1CCCN(c2ncccc2S(=O)(=O)N2CCCCC2)C1. The first-order valence-corrected chi connectivity index (χ1v) is 11.3. The van der Waals surface area contributed by atoms with Crippen LogP contribution >= 0.6 is 0 Å². The molecule has 3 heterocycles. The summed E-state index contributed by atoms with van der Waals surface area (Å²) in [5.41, 5.74) is 0. The number of anilines is 1. The summed E-state index contributed by atoms with van der Waals surface area (Å²) < 4.78 is 28.0. The van der Waals surface area contributed by atoms with Crippen molar-refractivity contribution in [3.63, 3.8) is 0 Å². The molecule has 1 unspecified atom stereocenters. The molecule has 0 spiro atoms. The smallest absolute Gasteiger partial charge is 0.246 e. The Hall–Kier alpha value is -1.67. The number of sulfonamides is 1. The highest BCUT2D eigenvalue weighted by atomic mass is 32.2. The fourth-order valence-corrected chi connectivity index (χ4v) is 5.40. The lowest BCUT2D eigenvalue weighted by atomic mass is 10.0. The van der Waals surface area contributed by atoms with Gasteiger partial charge in [0, 0.05) is 44.3 Å². The van der Waals surface area contributed by atoms with E-state index >= 15 is 0 Å². The molecular weight excluding hydrogens is 364 g/mol. The lowest BCUT2D eigenvalue weighted by molar-refractivity contribution is -0.124. The predicted molar refractivity (Wildman–Crippen MR) is 105 cm³/mol. The molecule has 3 rings (SSSR count). The summed E-state index contributed by atoms with van der Waals surface area (Å²) in [4.78, 5) is 18.7. The highest BCUT2D eigenvalue weighted by molar-refractivity contribution is 7.89. The van der Waals surface area contributed by atoms with Crippen LogP contribution in [-0.2, 0) is 14.8 Å². The Labute approximate surface area is 162 Å². The van der Waals surface area contributed by atoms with E-state index in [2.05, 4.69) is 10.3 Å². The van der Waals surface area contributed by atoms with Gasteiger partial charge in [-0.2, -0.15) is 4.31 Å². The van der Waals surface area contributed by atoms with Gasteiger partial charge in [0.05, 0.1) is 0 Å². The molecule has 1 aromatic heterocycles. The number of rotatable bonds is 5. The fourth-order valence-electron chi connectivity index (χ4n) is 3.72. The Morgan fingerprint density at radius 3 is 2.63 bits per heavy atom. The van der Waals surface area contributed by atoms with Gasteiger partial charge < -0.3 is 10.2 Å². The molecule has 0 aliphatic carbocycles. The molecule has 2 fully saturated rings. The molecule has 1 atom stereocenters. The van der Waals surface area contributed by atoms with E-state index in [1.54, 1.807) is 22.6 Å². The Kier molecular flexibility index (Phi) is 6.37. The van der Waals surface area contributed by atoms with Crippen molar-refractivity contribution in [3.8, 4) is 0 Å². The normalized spacial score (nSPS) is 22.0. The average Bonchev–Trinajstić information content (AvgIpc) is 2.69. The number of carbonyl (C=O) groups is 1. The van der Waals surface area contributed by atoms with Crippen molar-refractivity contribution in [2.45, 2.75) is 56.9 Å². The minimum absolute atomic E-state index is 0.0150. The maximum absolute atomic E-state index is 13.2. The van der Waals surface area contributed by atoms with Crippen LogP contribution in [0.1, 0.15) is 46.0 Å². The van der Waals surface area contributed by atoms with Gasteiger partial charge in [-0.05, 0) is 37.8 Å². The molecule has 1 N–H and O–H groups in total. The van der Waals surface area contributed by atoms with Crippen molar-refractivity contribution in [2.24, 2.45) is 5.92 Å². The third-order valence-corrected chi connectivity index (χ3v) is 7.19. The maximum Gasteiger partial charge on any atom is 0.246 e. The Balaban J connectivity index is 1.82. The van der Waals surface area contributed by atoms with Gasteiger partial charge >= 0.3 is 0 Å². The number of piperidine rings is 2. The zero-order valence-electron chi connectivity index (χ0n) is 16.2. The van der Waals surface area contributed by atoms with Gasteiger partial charge in [-0.15, -0.1) is 0 Å². The molecule has 0 radical (unpaired) electrons. The molecule has 0 saturated carbocycles. The van der Waals surface area contributed by atoms with Crippen LogP contribution in [0.15, 0.2) is 23.2 Å². The Bertz CT molecular complexity index is 760. The number of nitrogens with zero attached hydrogens (tertiary/aromatic N) is 3. The zero-order chi connectivity index (χ0) is 19.4. The second-order valence-electron chi connectivity index (χ2n) is 7.74. The van der Waals surface area contributed by atoms with Gasteiger partial charge in [0.25, 0.3) is 0 Å². The minimum atomic E-state index is -3.55. The number of hydrogen-bond donors (Lipinski definition) is 1. The fraction of sp³-hybridized carbons (Fsp3) is 0.684. The topological polar surface area (TPSA) is 82.6 Å². The van der Waals surface area contributed by atoms with Crippen molar-refractivity contribution >= 4 is 21.7 Å². The monoisotopic (exact) mass is 394 g/mol. The highest BCUT2D eigenvalue weighted by Gasteiger charge is 2.32. The molecule has 2 aliphatic rings. The number of aromatic nitrogens is 1. The number of pyridine rings is 1. The van der Waals surface area contributed by atoms with Crippen molar-refractivity contribution in [1.29, 1.82) is 0 Å². The summed E-state index contributed by atoms with van der Waals surface area (Å²) in [6, 6.07) is 3.35. The second kappa shape index (κ2) is 8.56. The number of carbonyl (C=O) groups excluding carboxylic acids is 1. The summed E-state index contributed by atoms with van der Waals surface area (Å²) in [6.07, 6.45) is 6.32. The standard InChI is InChI=1S/C19H30N4O3S/c1-15(2)19(24)21-16-8-7-11-22(14-16)18-17(9-6-10-20-18)27(25,26)23-12-4-3-5-13-23/h6,9-10,15-16H,3-5,7-8,11-14H2,1-2H3,(H,21,24). The maximum atomic E-state index is 13.2. The zero-order valence-corrected chi connectivity index (χ0v) is 17.0. The van der Waals surface area contributed by atoms with Crippen molar-refractivity contribution in [3.05, 3.63) is 18.3 Å². The first kappa shape index (κ1) is 20.1. The van der Waals surface area contributed by atoms with Crippen LogP contribution < -0.4 is 10.2 Å². The Morgan fingerprint density at radius 1 is 1.19 bits per heavy atom. The van der Waals surface area contributed by atoms with Crippen molar-refractivity contribution in [1.82, 2.24) is 14.6 Å². The van der Waals surface area contributed by atoms with Gasteiger partial charge in [-0.1, -0.05) is 20.3 Å². The van der Waals surface area contributed by atoms with Gasteiger partial charge in [0.1, 0.15) is 10.7 Å². The third-order valence-electron chi connectivity index (χ3n) is 5.28. The minimum Gasteiger partial charge on any atom is -0.353 e. The van der Waals surface area contributed by atoms with Gasteiger partial charge in [0.2, 0.25) is 15.9 Å². The second-order valence-corrected chi connectivity index (χ2v) is 9.64. The summed E-state index contributed by atoms with van der Waals surface area (Å²) in [7, 11) is -3.55. The van der Waals surface area contributed by atoms with Gasteiger partial charge in [-0.3, -0.25) is 4.79 Å². The molecular formula is C19H30N4O3S. The summed E-state index contributed by atoms with van der Waals surface area (Å²) in [5, 5.41) is 3.07. The first-order chi connectivity index (χ1) is 12.9. The van der Waals surface area contributed by atoms with Gasteiger partial charge in [-0.25, -0.2) is 13.4 Å². The predicted octanol–water partition coefficient (Wildman–Crippen LogP) is 2.00. The number of hydrogen-bond acceptors (Lipinski definition) is 5. The van der Waals surface area contributed by atoms with Crippen LogP contribution in [0, 0.1) is 5.92 Å². The quantitative estimate of drug-likeness (QED) is 0.826. The molecule has 2 aliphatic heterocycles. The third kappa shape index (κ3) is 4.60. The van der Waals surface area contributed by atoms with E-state index < -0.39 is 10.0 Å². The van der Waals surface area contributed by atoms with E-state index in [1.807, 2.05) is 18.7 Å². The lowest BCUT2D eigenvalue weighted by Crippen LogP contribution is -2.49. The molecule has 1 aromatic rings. The van der Waals surface area contributed by atoms with Crippen molar-refractivity contribution in [2.75, 3.05) is 31.1 Å². The largest absolute Gasteiger partial charge is 0.353 e. The average molecular weight is 395 g/mol. The molecule has 1 amide bonds. The Morgan fingerprint density at radius 2 is 1.93 bits per heavy atom. The van der Waals surface area contributed by atoms with Crippen LogP contribution in [0.2, 0.25) is 0 Å². The summed E-state index contributed by atoms with van der Waals surface area (Å²) in [6.45, 7) is 6.22. The first-order valence-electron chi connectivity index (χ1n) is 9.90. The molecule has 8 heteroatoms. The van der Waals surface area contributed by atoms with E-state index in [1.165, 1.54) is 0 Å².